The van der Waals surface area contributed by atoms with Gasteiger partial charge in [0.2, 0.25) is 0 Å². The van der Waals surface area contributed by atoms with Crippen molar-refractivity contribution in [3.05, 3.63) is 46.2 Å². The number of hydrogen-bond donors (Lipinski definition) is 2. The number of hydrogen-bond acceptors (Lipinski definition) is 5. The van der Waals surface area contributed by atoms with Crippen molar-refractivity contribution in [2.24, 2.45) is 10.9 Å². The van der Waals surface area contributed by atoms with E-state index in [1.54, 1.807) is 11.3 Å². The maximum atomic E-state index is 4.58. The molecule has 1 aliphatic rings. The molecule has 0 aliphatic carbocycles. The molecule has 0 spiro atoms. The summed E-state index contributed by atoms with van der Waals surface area (Å²) >= 11 is 1.74. The van der Waals surface area contributed by atoms with E-state index in [1.807, 2.05) is 31.4 Å². The fraction of sp³-hybridized carbons (Fsp3) is 0.526. The van der Waals surface area contributed by atoms with Crippen LogP contribution in [0.5, 0.6) is 0 Å². The lowest BCUT2D eigenvalue weighted by molar-refractivity contribution is 0.176. The molecule has 0 amide bonds. The van der Waals surface area contributed by atoms with E-state index in [0.717, 1.165) is 42.8 Å². The van der Waals surface area contributed by atoms with Gasteiger partial charge in [0.1, 0.15) is 0 Å². The highest BCUT2D eigenvalue weighted by Gasteiger charge is 2.20. The Morgan fingerprint density at radius 1 is 1.27 bits per heavy atom. The van der Waals surface area contributed by atoms with Gasteiger partial charge in [-0.25, -0.2) is 4.98 Å². The molecule has 140 valence electrons. The Morgan fingerprint density at radius 3 is 2.77 bits per heavy atom. The number of piperidine rings is 1. The minimum Gasteiger partial charge on any atom is -0.356 e. The predicted octanol–water partition coefficient (Wildman–Crippen LogP) is 2.42. The monoisotopic (exact) mass is 372 g/mol. The number of aliphatic imine (C=N–C) groups is 1. The summed E-state index contributed by atoms with van der Waals surface area (Å²) in [5.74, 6) is 1.54. The zero-order valence-corrected chi connectivity index (χ0v) is 16.4. The Labute approximate surface area is 159 Å². The number of pyridine rings is 1. The highest BCUT2D eigenvalue weighted by Crippen LogP contribution is 2.19. The Balaban J connectivity index is 1.36. The van der Waals surface area contributed by atoms with Gasteiger partial charge < -0.3 is 10.6 Å². The van der Waals surface area contributed by atoms with Gasteiger partial charge in [-0.3, -0.25) is 14.9 Å². The van der Waals surface area contributed by atoms with E-state index in [4.69, 9.17) is 0 Å². The van der Waals surface area contributed by atoms with Gasteiger partial charge in [-0.15, -0.1) is 11.3 Å². The number of nitrogens with one attached hydrogen (secondary N) is 2. The normalized spacial score (nSPS) is 16.6. The molecule has 26 heavy (non-hydrogen) atoms. The van der Waals surface area contributed by atoms with Crippen LogP contribution < -0.4 is 10.6 Å². The van der Waals surface area contributed by atoms with E-state index in [2.05, 4.69) is 42.8 Å². The average molecular weight is 373 g/mol. The summed E-state index contributed by atoms with van der Waals surface area (Å²) in [4.78, 5) is 15.7. The lowest BCUT2D eigenvalue weighted by Gasteiger charge is -2.31. The van der Waals surface area contributed by atoms with Crippen molar-refractivity contribution >= 4 is 17.3 Å². The first-order valence-electron chi connectivity index (χ1n) is 9.20. The predicted molar refractivity (Wildman–Crippen MR) is 107 cm³/mol. The van der Waals surface area contributed by atoms with Crippen molar-refractivity contribution < 1.29 is 0 Å². The molecule has 1 fully saturated rings. The quantitative estimate of drug-likeness (QED) is 0.602. The van der Waals surface area contributed by atoms with E-state index in [-0.39, 0.29) is 0 Å². The third-order valence-electron chi connectivity index (χ3n) is 4.70. The van der Waals surface area contributed by atoms with Gasteiger partial charge in [0, 0.05) is 31.7 Å². The topological polar surface area (TPSA) is 65.4 Å². The third-order valence-corrected chi connectivity index (χ3v) is 5.53. The molecule has 0 aromatic carbocycles. The number of aromatic nitrogens is 2. The van der Waals surface area contributed by atoms with Gasteiger partial charge in [-0.05, 0) is 50.9 Å². The summed E-state index contributed by atoms with van der Waals surface area (Å²) in [6.07, 6.45) is 4.24. The third kappa shape index (κ3) is 5.78. The van der Waals surface area contributed by atoms with Gasteiger partial charge in [-0.1, -0.05) is 6.07 Å². The maximum absolute atomic E-state index is 4.58. The second-order valence-corrected chi connectivity index (χ2v) is 7.77. The molecule has 1 aliphatic heterocycles. The lowest BCUT2D eigenvalue weighted by atomic mass is 9.97. The molecule has 0 bridgehead atoms. The van der Waals surface area contributed by atoms with Crippen LogP contribution in [0.4, 0.5) is 0 Å². The van der Waals surface area contributed by atoms with Gasteiger partial charge in [0.05, 0.1) is 22.9 Å². The van der Waals surface area contributed by atoms with Gasteiger partial charge in [0.15, 0.2) is 5.96 Å². The molecule has 6 nitrogen and oxygen atoms in total. The Hall–Kier alpha value is -1.99. The SMILES string of the molecule is CN=C(NCc1ccccn1)NCC1CCN(Cc2csc(C)n2)CC1. The van der Waals surface area contributed by atoms with Crippen LogP contribution in [0.1, 0.15) is 29.2 Å². The fourth-order valence-electron chi connectivity index (χ4n) is 3.20. The molecule has 2 aromatic rings. The van der Waals surface area contributed by atoms with Crippen molar-refractivity contribution in [3.63, 3.8) is 0 Å². The van der Waals surface area contributed by atoms with Crippen LogP contribution in [-0.4, -0.2) is 47.5 Å². The molecule has 0 unspecified atom stereocenters. The Bertz CT molecular complexity index is 691. The first kappa shape index (κ1) is 18.8. The zero-order valence-electron chi connectivity index (χ0n) is 15.6. The van der Waals surface area contributed by atoms with Crippen LogP contribution in [0.3, 0.4) is 0 Å². The highest BCUT2D eigenvalue weighted by molar-refractivity contribution is 7.09. The van der Waals surface area contributed by atoms with Crippen molar-refractivity contribution in [2.75, 3.05) is 26.7 Å². The maximum Gasteiger partial charge on any atom is 0.191 e. The van der Waals surface area contributed by atoms with E-state index in [0.29, 0.717) is 12.5 Å². The summed E-state index contributed by atoms with van der Waals surface area (Å²) in [5.41, 5.74) is 2.23. The van der Waals surface area contributed by atoms with Gasteiger partial charge in [-0.2, -0.15) is 0 Å². The number of rotatable bonds is 6. The van der Waals surface area contributed by atoms with Crippen molar-refractivity contribution in [3.8, 4) is 0 Å². The van der Waals surface area contributed by atoms with Crippen molar-refractivity contribution in [2.45, 2.75) is 32.9 Å². The lowest BCUT2D eigenvalue weighted by Crippen LogP contribution is -2.42. The van der Waals surface area contributed by atoms with Gasteiger partial charge >= 0.3 is 0 Å². The first-order chi connectivity index (χ1) is 12.7. The van der Waals surface area contributed by atoms with Crippen molar-refractivity contribution in [1.82, 2.24) is 25.5 Å². The number of aryl methyl sites for hydroxylation is 1. The summed E-state index contributed by atoms with van der Waals surface area (Å²) in [6, 6.07) is 5.94. The summed E-state index contributed by atoms with van der Waals surface area (Å²) < 4.78 is 0. The second kappa shape index (κ2) is 9.64. The van der Waals surface area contributed by atoms with E-state index >= 15 is 0 Å². The summed E-state index contributed by atoms with van der Waals surface area (Å²) in [5, 5.41) is 10.1. The van der Waals surface area contributed by atoms with Crippen LogP contribution >= 0.6 is 11.3 Å². The Kier molecular flexibility index (Phi) is 6.96. The Morgan fingerprint density at radius 2 is 2.12 bits per heavy atom. The number of thiazole rings is 1. The molecule has 3 rings (SSSR count). The van der Waals surface area contributed by atoms with Crippen LogP contribution in [-0.2, 0) is 13.1 Å². The molecule has 2 aromatic heterocycles. The fourth-order valence-corrected chi connectivity index (χ4v) is 3.80. The number of guanidine groups is 1. The van der Waals surface area contributed by atoms with Crippen LogP contribution in [0.15, 0.2) is 34.8 Å². The molecule has 3 heterocycles. The number of likely N-dealkylation sites (tertiary alicyclic amines) is 1. The van der Waals surface area contributed by atoms with Crippen LogP contribution in [0.25, 0.3) is 0 Å². The minimum absolute atomic E-state index is 0.687. The molecular weight excluding hydrogens is 344 g/mol. The molecular formula is C19H28N6S. The highest BCUT2D eigenvalue weighted by atomic mass is 32.1. The standard InChI is InChI=1S/C19H28N6S/c1-15-24-18(14-26-15)13-25-9-6-16(7-10-25)11-22-19(20-2)23-12-17-5-3-4-8-21-17/h3-5,8,14,16H,6-7,9-13H2,1-2H3,(H2,20,22,23). The van der Waals surface area contributed by atoms with E-state index in [1.165, 1.54) is 18.5 Å². The largest absolute Gasteiger partial charge is 0.356 e. The molecule has 0 atom stereocenters. The molecule has 0 radical (unpaired) electrons. The van der Waals surface area contributed by atoms with E-state index in [9.17, 15) is 0 Å². The molecule has 2 N–H and O–H groups in total. The average Bonchev–Trinajstić information content (AvgIpc) is 3.08. The summed E-state index contributed by atoms with van der Waals surface area (Å²) in [6.45, 7) is 6.99. The molecule has 7 heteroatoms. The van der Waals surface area contributed by atoms with Crippen LogP contribution in [0, 0.1) is 12.8 Å². The molecule has 1 saturated heterocycles. The second-order valence-electron chi connectivity index (χ2n) is 6.71. The van der Waals surface area contributed by atoms with E-state index < -0.39 is 0 Å². The van der Waals surface area contributed by atoms with Crippen LogP contribution in [0.2, 0.25) is 0 Å². The summed E-state index contributed by atoms with van der Waals surface area (Å²) in [7, 11) is 1.81. The van der Waals surface area contributed by atoms with Crippen molar-refractivity contribution in [1.29, 1.82) is 0 Å². The first-order valence-corrected chi connectivity index (χ1v) is 10.1. The molecule has 0 saturated carbocycles. The zero-order chi connectivity index (χ0) is 18.2. The smallest absolute Gasteiger partial charge is 0.191 e. The van der Waals surface area contributed by atoms with Gasteiger partial charge in [0.25, 0.3) is 0 Å². The minimum atomic E-state index is 0.687. The number of nitrogens with zero attached hydrogens (tertiary/aromatic N) is 4.